The molecule has 0 aromatic heterocycles. The number of benzene rings is 1. The summed E-state index contributed by atoms with van der Waals surface area (Å²) in [5, 5.41) is 3.21. The second-order valence-electron chi connectivity index (χ2n) is 4.68. The van der Waals surface area contributed by atoms with E-state index in [1.165, 1.54) is 24.0 Å². The van der Waals surface area contributed by atoms with Crippen molar-refractivity contribution in [2.75, 3.05) is 20.2 Å². The van der Waals surface area contributed by atoms with Crippen LogP contribution >= 0.6 is 0 Å². The molecule has 0 aliphatic heterocycles. The molecule has 1 unspecified atom stereocenters. The van der Waals surface area contributed by atoms with Gasteiger partial charge in [0.15, 0.2) is 0 Å². The van der Waals surface area contributed by atoms with Gasteiger partial charge in [0.25, 0.3) is 0 Å². The minimum atomic E-state index is 0.201. The lowest BCUT2D eigenvalue weighted by Gasteiger charge is -2.19. The molecule has 1 aromatic carbocycles. The van der Waals surface area contributed by atoms with E-state index in [9.17, 15) is 0 Å². The Bertz CT molecular complexity index is 333. The minimum absolute atomic E-state index is 0.201. The van der Waals surface area contributed by atoms with Crippen molar-refractivity contribution in [2.24, 2.45) is 5.92 Å². The van der Waals surface area contributed by atoms with E-state index in [2.05, 4.69) is 36.5 Å². The maximum Gasteiger partial charge on any atom is 0.0951 e. The molecule has 2 rings (SSSR count). The molecule has 0 spiro atoms. The van der Waals surface area contributed by atoms with Crippen molar-refractivity contribution in [1.29, 1.82) is 0 Å². The van der Waals surface area contributed by atoms with Crippen molar-refractivity contribution < 1.29 is 4.74 Å². The maximum atomic E-state index is 6.01. The highest BCUT2D eigenvalue weighted by molar-refractivity contribution is 5.28. The molecule has 2 nitrogen and oxygen atoms in total. The first kappa shape index (κ1) is 11.6. The number of likely N-dealkylation sites (N-methyl/N-ethyl adjacent to an activating group) is 1. The summed E-state index contributed by atoms with van der Waals surface area (Å²) in [6.07, 6.45) is 2.90. The van der Waals surface area contributed by atoms with Crippen LogP contribution in [0.3, 0.4) is 0 Å². The SMILES string of the molecule is CNCC(OCC1CC1)c1ccccc1C. The molecule has 1 atom stereocenters. The molecule has 0 bridgehead atoms. The quantitative estimate of drug-likeness (QED) is 0.794. The van der Waals surface area contributed by atoms with Gasteiger partial charge in [-0.15, -0.1) is 0 Å². The van der Waals surface area contributed by atoms with E-state index in [0.29, 0.717) is 0 Å². The molecule has 0 saturated heterocycles. The van der Waals surface area contributed by atoms with Gasteiger partial charge >= 0.3 is 0 Å². The van der Waals surface area contributed by atoms with Crippen molar-refractivity contribution in [2.45, 2.75) is 25.9 Å². The van der Waals surface area contributed by atoms with Gasteiger partial charge in [0.05, 0.1) is 12.7 Å². The van der Waals surface area contributed by atoms with Gasteiger partial charge < -0.3 is 10.1 Å². The van der Waals surface area contributed by atoms with E-state index in [1.807, 2.05) is 7.05 Å². The molecule has 0 radical (unpaired) electrons. The van der Waals surface area contributed by atoms with Crippen molar-refractivity contribution in [3.63, 3.8) is 0 Å². The van der Waals surface area contributed by atoms with Gasteiger partial charge in [-0.05, 0) is 43.9 Å². The predicted molar refractivity (Wildman–Crippen MR) is 66.5 cm³/mol. The second kappa shape index (κ2) is 5.46. The Labute approximate surface area is 98.0 Å². The number of ether oxygens (including phenoxy) is 1. The van der Waals surface area contributed by atoms with Crippen LogP contribution in [0.5, 0.6) is 0 Å². The summed E-state index contributed by atoms with van der Waals surface area (Å²) in [4.78, 5) is 0. The topological polar surface area (TPSA) is 21.3 Å². The molecule has 88 valence electrons. The normalized spacial score (nSPS) is 17.4. The van der Waals surface area contributed by atoms with Gasteiger partial charge in [0.1, 0.15) is 0 Å². The fourth-order valence-corrected chi connectivity index (χ4v) is 1.93. The third kappa shape index (κ3) is 3.06. The second-order valence-corrected chi connectivity index (χ2v) is 4.68. The van der Waals surface area contributed by atoms with Gasteiger partial charge in [-0.2, -0.15) is 0 Å². The zero-order chi connectivity index (χ0) is 11.4. The van der Waals surface area contributed by atoms with Crippen LogP contribution < -0.4 is 5.32 Å². The number of nitrogens with one attached hydrogen (secondary N) is 1. The Morgan fingerprint density at radius 3 is 2.75 bits per heavy atom. The molecule has 1 N–H and O–H groups in total. The van der Waals surface area contributed by atoms with Crippen LogP contribution in [0.1, 0.15) is 30.1 Å². The van der Waals surface area contributed by atoms with Gasteiger partial charge in [0, 0.05) is 6.54 Å². The largest absolute Gasteiger partial charge is 0.372 e. The van der Waals surface area contributed by atoms with E-state index >= 15 is 0 Å². The van der Waals surface area contributed by atoms with E-state index < -0.39 is 0 Å². The maximum absolute atomic E-state index is 6.01. The summed E-state index contributed by atoms with van der Waals surface area (Å²) in [5.74, 6) is 0.823. The summed E-state index contributed by atoms with van der Waals surface area (Å²) in [7, 11) is 1.98. The fourth-order valence-electron chi connectivity index (χ4n) is 1.93. The highest BCUT2D eigenvalue weighted by Gasteiger charge is 2.23. The molecule has 1 aromatic rings. The molecule has 0 heterocycles. The van der Waals surface area contributed by atoms with Crippen LogP contribution in [0.25, 0.3) is 0 Å². The zero-order valence-corrected chi connectivity index (χ0v) is 10.2. The highest BCUT2D eigenvalue weighted by atomic mass is 16.5. The Kier molecular flexibility index (Phi) is 3.97. The molecular formula is C14H21NO. The van der Waals surface area contributed by atoms with Crippen LogP contribution in [-0.4, -0.2) is 20.2 Å². The van der Waals surface area contributed by atoms with E-state index in [4.69, 9.17) is 4.74 Å². The third-order valence-electron chi connectivity index (χ3n) is 3.15. The van der Waals surface area contributed by atoms with Crippen LogP contribution in [0, 0.1) is 12.8 Å². The lowest BCUT2D eigenvalue weighted by atomic mass is 10.0. The lowest BCUT2D eigenvalue weighted by Crippen LogP contribution is -2.21. The Morgan fingerprint density at radius 2 is 2.12 bits per heavy atom. The Morgan fingerprint density at radius 1 is 1.38 bits per heavy atom. The minimum Gasteiger partial charge on any atom is -0.372 e. The molecule has 1 aliphatic carbocycles. The van der Waals surface area contributed by atoms with E-state index in [-0.39, 0.29) is 6.10 Å². The Hall–Kier alpha value is -0.860. The number of rotatable bonds is 6. The van der Waals surface area contributed by atoms with E-state index in [0.717, 1.165) is 19.1 Å². The molecular weight excluding hydrogens is 198 g/mol. The van der Waals surface area contributed by atoms with Crippen molar-refractivity contribution in [3.8, 4) is 0 Å². The van der Waals surface area contributed by atoms with Gasteiger partial charge in [-0.1, -0.05) is 24.3 Å². The van der Waals surface area contributed by atoms with Crippen molar-refractivity contribution >= 4 is 0 Å². The molecule has 1 saturated carbocycles. The van der Waals surface area contributed by atoms with Gasteiger partial charge in [0.2, 0.25) is 0 Å². The van der Waals surface area contributed by atoms with Crippen LogP contribution in [-0.2, 0) is 4.74 Å². The smallest absolute Gasteiger partial charge is 0.0951 e. The molecule has 1 aliphatic rings. The number of aryl methyl sites for hydroxylation is 1. The predicted octanol–water partition coefficient (Wildman–Crippen LogP) is 2.68. The van der Waals surface area contributed by atoms with Crippen LogP contribution in [0.15, 0.2) is 24.3 Å². The summed E-state index contributed by atoms with van der Waals surface area (Å²) >= 11 is 0. The van der Waals surface area contributed by atoms with E-state index in [1.54, 1.807) is 0 Å². The van der Waals surface area contributed by atoms with Gasteiger partial charge in [-0.3, -0.25) is 0 Å². The molecule has 16 heavy (non-hydrogen) atoms. The van der Waals surface area contributed by atoms with Gasteiger partial charge in [-0.25, -0.2) is 0 Å². The Balaban J connectivity index is 2.01. The third-order valence-corrected chi connectivity index (χ3v) is 3.15. The standard InChI is InChI=1S/C14H21NO/c1-11-5-3-4-6-13(11)14(9-15-2)16-10-12-7-8-12/h3-6,12,14-15H,7-10H2,1-2H3. The average Bonchev–Trinajstić information content (AvgIpc) is 3.09. The monoisotopic (exact) mass is 219 g/mol. The van der Waals surface area contributed by atoms with Crippen LogP contribution in [0.4, 0.5) is 0 Å². The fraction of sp³-hybridized carbons (Fsp3) is 0.571. The first-order chi connectivity index (χ1) is 7.81. The number of hydrogen-bond acceptors (Lipinski definition) is 2. The highest BCUT2D eigenvalue weighted by Crippen LogP contribution is 2.31. The first-order valence-electron chi connectivity index (χ1n) is 6.13. The summed E-state index contributed by atoms with van der Waals surface area (Å²) in [6, 6.07) is 8.49. The average molecular weight is 219 g/mol. The van der Waals surface area contributed by atoms with Crippen molar-refractivity contribution in [1.82, 2.24) is 5.32 Å². The van der Waals surface area contributed by atoms with Crippen molar-refractivity contribution in [3.05, 3.63) is 35.4 Å². The van der Waals surface area contributed by atoms with Crippen LogP contribution in [0.2, 0.25) is 0 Å². The first-order valence-corrected chi connectivity index (χ1v) is 6.13. The molecule has 2 heteroatoms. The summed E-state index contributed by atoms with van der Waals surface area (Å²) in [6.45, 7) is 3.96. The lowest BCUT2D eigenvalue weighted by molar-refractivity contribution is 0.0461. The summed E-state index contributed by atoms with van der Waals surface area (Å²) in [5.41, 5.74) is 2.64. The zero-order valence-electron chi connectivity index (χ0n) is 10.2. The molecule has 0 amide bonds. The number of hydrogen-bond donors (Lipinski definition) is 1. The molecule has 1 fully saturated rings. The summed E-state index contributed by atoms with van der Waals surface area (Å²) < 4.78 is 6.01.